The van der Waals surface area contributed by atoms with E-state index in [-0.39, 0.29) is 6.61 Å². The fourth-order valence-corrected chi connectivity index (χ4v) is 1.96. The largest absolute Gasteiger partial charge is 0.394 e. The van der Waals surface area contributed by atoms with Crippen LogP contribution in [0, 0.1) is 5.92 Å². The number of rotatable bonds is 13. The molecule has 0 aliphatic carbocycles. The van der Waals surface area contributed by atoms with Gasteiger partial charge in [-0.2, -0.15) is 0 Å². The minimum Gasteiger partial charge on any atom is -0.394 e. The van der Waals surface area contributed by atoms with Gasteiger partial charge >= 0.3 is 0 Å². The Bertz CT molecular complexity index is 273. The maximum absolute atomic E-state index is 10.1. The minimum absolute atomic E-state index is 0.255. The Balaban J connectivity index is 4.09. The van der Waals surface area contributed by atoms with E-state index in [4.69, 9.17) is 9.84 Å². The van der Waals surface area contributed by atoms with Crippen LogP contribution >= 0.6 is 0 Å². The zero-order chi connectivity index (χ0) is 16.3. The highest BCUT2D eigenvalue weighted by atomic mass is 16.6. The van der Waals surface area contributed by atoms with E-state index in [1.54, 1.807) is 4.90 Å². The SMILES string of the molecule is C=C(C)CC[C@H](C)COC(O)N(CCC)CC[C@H](O)CO. The summed E-state index contributed by atoms with van der Waals surface area (Å²) in [7, 11) is 0. The fourth-order valence-electron chi connectivity index (χ4n) is 1.96. The second kappa shape index (κ2) is 12.1. The van der Waals surface area contributed by atoms with E-state index in [2.05, 4.69) is 13.5 Å². The average Bonchev–Trinajstić information content (AvgIpc) is 2.46. The molecule has 3 atom stereocenters. The fraction of sp³-hybridized carbons (Fsp3) is 0.875. The van der Waals surface area contributed by atoms with Crippen molar-refractivity contribution in [3.63, 3.8) is 0 Å². The lowest BCUT2D eigenvalue weighted by molar-refractivity contribution is -0.200. The summed E-state index contributed by atoms with van der Waals surface area (Å²) in [6.07, 6.45) is 1.58. The van der Waals surface area contributed by atoms with Crippen molar-refractivity contribution in [3.8, 4) is 0 Å². The van der Waals surface area contributed by atoms with Crippen LogP contribution in [0.25, 0.3) is 0 Å². The van der Waals surface area contributed by atoms with Gasteiger partial charge in [-0.25, -0.2) is 0 Å². The topological polar surface area (TPSA) is 73.2 Å². The number of nitrogens with zero attached hydrogens (tertiary/aromatic N) is 1. The molecule has 0 radical (unpaired) electrons. The molecule has 5 nitrogen and oxygen atoms in total. The predicted molar refractivity (Wildman–Crippen MR) is 84.7 cm³/mol. The lowest BCUT2D eigenvalue weighted by atomic mass is 10.0. The summed E-state index contributed by atoms with van der Waals surface area (Å²) >= 11 is 0. The van der Waals surface area contributed by atoms with E-state index in [1.807, 2.05) is 13.8 Å². The number of ether oxygens (including phenoxy) is 1. The molecule has 21 heavy (non-hydrogen) atoms. The smallest absolute Gasteiger partial charge is 0.216 e. The molecule has 5 heteroatoms. The van der Waals surface area contributed by atoms with Crippen molar-refractivity contribution in [2.24, 2.45) is 5.92 Å². The first-order chi connectivity index (χ1) is 9.90. The maximum atomic E-state index is 10.1. The summed E-state index contributed by atoms with van der Waals surface area (Å²) in [4.78, 5) is 1.78. The van der Waals surface area contributed by atoms with Gasteiger partial charge in [0.25, 0.3) is 0 Å². The molecular formula is C16H33NO4. The van der Waals surface area contributed by atoms with Gasteiger partial charge in [-0.1, -0.05) is 19.4 Å². The maximum Gasteiger partial charge on any atom is 0.216 e. The molecular weight excluding hydrogens is 270 g/mol. The van der Waals surface area contributed by atoms with Crippen molar-refractivity contribution in [2.45, 2.75) is 59.0 Å². The van der Waals surface area contributed by atoms with Crippen LogP contribution in [0.3, 0.4) is 0 Å². The first-order valence-corrected chi connectivity index (χ1v) is 7.87. The highest BCUT2D eigenvalue weighted by Crippen LogP contribution is 2.12. The molecule has 0 aromatic rings. The number of allylic oxidation sites excluding steroid dienone is 1. The molecule has 0 heterocycles. The molecule has 0 amide bonds. The van der Waals surface area contributed by atoms with Gasteiger partial charge < -0.3 is 20.1 Å². The number of aliphatic hydroxyl groups excluding tert-OH is 3. The molecule has 0 bridgehead atoms. The molecule has 3 N–H and O–H groups in total. The van der Waals surface area contributed by atoms with Crippen LogP contribution < -0.4 is 0 Å². The van der Waals surface area contributed by atoms with Gasteiger partial charge in [-0.15, -0.1) is 6.58 Å². The first kappa shape index (κ1) is 20.5. The summed E-state index contributed by atoms with van der Waals surface area (Å²) in [6, 6.07) is 0. The molecule has 0 spiro atoms. The molecule has 0 aliphatic rings. The van der Waals surface area contributed by atoms with Gasteiger partial charge in [0.2, 0.25) is 6.41 Å². The van der Waals surface area contributed by atoms with Gasteiger partial charge in [0.05, 0.1) is 19.3 Å². The first-order valence-electron chi connectivity index (χ1n) is 7.87. The van der Waals surface area contributed by atoms with Crippen molar-refractivity contribution < 1.29 is 20.1 Å². The van der Waals surface area contributed by atoms with Crippen molar-refractivity contribution in [3.05, 3.63) is 12.2 Å². The van der Waals surface area contributed by atoms with Crippen molar-refractivity contribution >= 4 is 0 Å². The number of hydrogen-bond donors (Lipinski definition) is 3. The summed E-state index contributed by atoms with van der Waals surface area (Å²) in [5, 5.41) is 28.3. The third kappa shape index (κ3) is 10.8. The van der Waals surface area contributed by atoms with Gasteiger partial charge in [0.1, 0.15) is 0 Å². The highest BCUT2D eigenvalue weighted by Gasteiger charge is 2.17. The molecule has 0 rings (SSSR count). The summed E-state index contributed by atoms with van der Waals surface area (Å²) in [6.45, 7) is 11.4. The Morgan fingerprint density at radius 3 is 2.43 bits per heavy atom. The van der Waals surface area contributed by atoms with Crippen LogP contribution in [0.4, 0.5) is 0 Å². The summed E-state index contributed by atoms with van der Waals surface area (Å²) < 4.78 is 5.52. The molecule has 0 aliphatic heterocycles. The Hall–Kier alpha value is -0.460. The van der Waals surface area contributed by atoms with Gasteiger partial charge in [0, 0.05) is 13.1 Å². The molecule has 1 unspecified atom stereocenters. The second-order valence-electron chi connectivity index (χ2n) is 5.92. The Morgan fingerprint density at radius 1 is 1.24 bits per heavy atom. The molecule has 0 fully saturated rings. The van der Waals surface area contributed by atoms with Crippen LogP contribution in [0.2, 0.25) is 0 Å². The monoisotopic (exact) mass is 303 g/mol. The lowest BCUT2D eigenvalue weighted by Crippen LogP contribution is -2.40. The normalized spacial score (nSPS) is 16.0. The quantitative estimate of drug-likeness (QED) is 0.357. The molecule has 0 aromatic heterocycles. The molecule has 0 saturated heterocycles. The van der Waals surface area contributed by atoms with Gasteiger partial charge in [0.15, 0.2) is 0 Å². The third-order valence-corrected chi connectivity index (χ3v) is 3.38. The Labute approximate surface area is 129 Å². The van der Waals surface area contributed by atoms with Crippen LogP contribution in [0.5, 0.6) is 0 Å². The second-order valence-corrected chi connectivity index (χ2v) is 5.92. The molecule has 0 aromatic carbocycles. The van der Waals surface area contributed by atoms with Crippen LogP contribution in [-0.2, 0) is 4.74 Å². The van der Waals surface area contributed by atoms with E-state index in [9.17, 15) is 10.2 Å². The van der Waals surface area contributed by atoms with Gasteiger partial charge in [-0.05, 0) is 38.5 Å². The van der Waals surface area contributed by atoms with E-state index in [0.29, 0.717) is 32.0 Å². The molecule has 126 valence electrons. The van der Waals surface area contributed by atoms with E-state index < -0.39 is 12.5 Å². The van der Waals surface area contributed by atoms with E-state index >= 15 is 0 Å². The van der Waals surface area contributed by atoms with Gasteiger partial charge in [-0.3, -0.25) is 4.90 Å². The molecule has 0 saturated carbocycles. The standard InChI is InChI=1S/C16H33NO4/c1-5-9-17(10-8-15(19)11-18)16(20)21-12-14(4)7-6-13(2)3/h14-16,18-20H,2,5-12H2,1,3-4H3/t14-,15-,16?/m0/s1. The van der Waals surface area contributed by atoms with Crippen molar-refractivity contribution in [1.82, 2.24) is 4.90 Å². The Morgan fingerprint density at radius 2 is 1.90 bits per heavy atom. The zero-order valence-corrected chi connectivity index (χ0v) is 13.8. The lowest BCUT2D eigenvalue weighted by Gasteiger charge is -2.28. The van der Waals surface area contributed by atoms with Crippen molar-refractivity contribution in [1.29, 1.82) is 0 Å². The van der Waals surface area contributed by atoms with Crippen LogP contribution in [-0.4, -0.2) is 59.0 Å². The Kier molecular flexibility index (Phi) is 11.9. The predicted octanol–water partition coefficient (Wildman–Crippen LogP) is 1.73. The van der Waals surface area contributed by atoms with Crippen LogP contribution in [0.15, 0.2) is 12.2 Å². The summed E-state index contributed by atoms with van der Waals surface area (Å²) in [5.41, 5.74) is 1.16. The van der Waals surface area contributed by atoms with Crippen molar-refractivity contribution in [2.75, 3.05) is 26.3 Å². The zero-order valence-electron chi connectivity index (χ0n) is 13.8. The summed E-state index contributed by atoms with van der Waals surface area (Å²) in [5.74, 6) is 0.364. The number of hydrogen-bond acceptors (Lipinski definition) is 5. The average molecular weight is 303 g/mol. The third-order valence-electron chi connectivity index (χ3n) is 3.38. The van der Waals surface area contributed by atoms with Crippen LogP contribution in [0.1, 0.15) is 46.5 Å². The van der Waals surface area contributed by atoms with E-state index in [0.717, 1.165) is 24.8 Å². The highest BCUT2D eigenvalue weighted by molar-refractivity contribution is 4.87. The minimum atomic E-state index is -0.955. The van der Waals surface area contributed by atoms with E-state index in [1.165, 1.54) is 0 Å². The number of aliphatic hydroxyl groups is 3.